The Morgan fingerprint density at radius 3 is 2.53 bits per heavy atom. The third-order valence-electron chi connectivity index (χ3n) is 5.14. The first kappa shape index (κ1) is 21.9. The monoisotopic (exact) mass is 465 g/mol. The van der Waals surface area contributed by atoms with Crippen LogP contribution in [0.3, 0.4) is 0 Å². The van der Waals surface area contributed by atoms with Crippen LogP contribution in [0, 0.1) is 6.92 Å². The number of aryl methyl sites for hydroxylation is 1. The highest BCUT2D eigenvalue weighted by Gasteiger charge is 2.39. The number of alkyl halides is 3. The van der Waals surface area contributed by atoms with Crippen molar-refractivity contribution in [3.8, 4) is 11.3 Å². The van der Waals surface area contributed by atoms with Gasteiger partial charge in [0.15, 0.2) is 9.84 Å². The second kappa shape index (κ2) is 7.40. The standard InChI is InChI=1S/C20H18F3N5O3S/c1-11-4-16(13-5-15(8-24-6-13)32(3,30)31)26-18-12(2)28(19(29)17(11)18)14-7-25-27(9-14)10-20(21,22)23/h4-9,12H,10H2,1-3H3/t12-/m1/s1. The number of amides is 1. The fourth-order valence-corrected chi connectivity index (χ4v) is 4.29. The van der Waals surface area contributed by atoms with Crippen molar-refractivity contribution >= 4 is 21.4 Å². The fraction of sp³-hybridized carbons (Fsp3) is 0.300. The molecule has 1 aliphatic rings. The molecule has 0 aromatic carbocycles. The van der Waals surface area contributed by atoms with Crippen LogP contribution in [0.15, 0.2) is 41.8 Å². The number of hydrogen-bond acceptors (Lipinski definition) is 6. The number of anilines is 1. The average Bonchev–Trinajstić information content (AvgIpc) is 3.22. The fourth-order valence-electron chi connectivity index (χ4n) is 3.69. The lowest BCUT2D eigenvalue weighted by molar-refractivity contribution is -0.142. The Balaban J connectivity index is 1.73. The Morgan fingerprint density at radius 1 is 1.16 bits per heavy atom. The number of sulfone groups is 1. The highest BCUT2D eigenvalue weighted by molar-refractivity contribution is 7.90. The Labute approximate surface area is 181 Å². The van der Waals surface area contributed by atoms with Crippen LogP contribution in [0.2, 0.25) is 0 Å². The molecule has 0 spiro atoms. The van der Waals surface area contributed by atoms with E-state index in [4.69, 9.17) is 0 Å². The lowest BCUT2D eigenvalue weighted by atomic mass is 10.0. The van der Waals surface area contributed by atoms with Crippen LogP contribution in [-0.4, -0.2) is 46.5 Å². The zero-order valence-electron chi connectivity index (χ0n) is 17.3. The summed E-state index contributed by atoms with van der Waals surface area (Å²) < 4.78 is 62.4. The van der Waals surface area contributed by atoms with Gasteiger partial charge in [0.25, 0.3) is 5.91 Å². The van der Waals surface area contributed by atoms with Crippen LogP contribution in [0.1, 0.15) is 34.6 Å². The van der Waals surface area contributed by atoms with Crippen molar-refractivity contribution in [3.63, 3.8) is 0 Å². The van der Waals surface area contributed by atoms with E-state index in [9.17, 15) is 26.4 Å². The lowest BCUT2D eigenvalue weighted by Gasteiger charge is -2.19. The van der Waals surface area contributed by atoms with E-state index in [0.29, 0.717) is 28.1 Å². The van der Waals surface area contributed by atoms with Gasteiger partial charge >= 0.3 is 6.18 Å². The predicted molar refractivity (Wildman–Crippen MR) is 109 cm³/mol. The van der Waals surface area contributed by atoms with Crippen molar-refractivity contribution < 1.29 is 26.4 Å². The van der Waals surface area contributed by atoms with Gasteiger partial charge in [-0.2, -0.15) is 18.3 Å². The summed E-state index contributed by atoms with van der Waals surface area (Å²) >= 11 is 0. The van der Waals surface area contributed by atoms with E-state index in [1.807, 2.05) is 0 Å². The van der Waals surface area contributed by atoms with Crippen LogP contribution in [0.5, 0.6) is 0 Å². The zero-order chi connectivity index (χ0) is 23.4. The number of halogens is 3. The van der Waals surface area contributed by atoms with E-state index in [1.165, 1.54) is 35.8 Å². The Bertz CT molecular complexity index is 1330. The zero-order valence-corrected chi connectivity index (χ0v) is 18.1. The van der Waals surface area contributed by atoms with Gasteiger partial charge in [-0.05, 0) is 31.5 Å². The molecule has 0 aliphatic carbocycles. The summed E-state index contributed by atoms with van der Waals surface area (Å²) in [4.78, 5) is 23.0. The molecule has 3 aromatic heterocycles. The molecule has 3 aromatic rings. The van der Waals surface area contributed by atoms with Gasteiger partial charge in [-0.25, -0.2) is 13.4 Å². The van der Waals surface area contributed by atoms with E-state index in [1.54, 1.807) is 19.9 Å². The van der Waals surface area contributed by atoms with Gasteiger partial charge in [-0.1, -0.05) is 0 Å². The summed E-state index contributed by atoms with van der Waals surface area (Å²) in [6.07, 6.45) is 1.74. The maximum atomic E-state index is 13.1. The molecular weight excluding hydrogens is 447 g/mol. The maximum absolute atomic E-state index is 13.1. The first-order chi connectivity index (χ1) is 14.8. The summed E-state index contributed by atoms with van der Waals surface area (Å²) in [5.41, 5.74) is 2.54. The van der Waals surface area contributed by atoms with Crippen LogP contribution in [0.4, 0.5) is 18.9 Å². The number of carbonyl (C=O) groups excluding carboxylic acids is 1. The van der Waals surface area contributed by atoms with E-state index in [-0.39, 0.29) is 10.6 Å². The molecule has 8 nitrogen and oxygen atoms in total. The quantitative estimate of drug-likeness (QED) is 0.586. The van der Waals surface area contributed by atoms with E-state index in [0.717, 1.165) is 10.9 Å². The molecule has 0 fully saturated rings. The summed E-state index contributed by atoms with van der Waals surface area (Å²) in [6, 6.07) is 2.55. The van der Waals surface area contributed by atoms with Gasteiger partial charge in [0, 0.05) is 30.4 Å². The summed E-state index contributed by atoms with van der Waals surface area (Å²) in [5.74, 6) is -0.390. The van der Waals surface area contributed by atoms with Gasteiger partial charge in [0.05, 0.1) is 39.8 Å². The van der Waals surface area contributed by atoms with E-state index >= 15 is 0 Å². The molecule has 12 heteroatoms. The molecule has 0 radical (unpaired) electrons. The second-order valence-electron chi connectivity index (χ2n) is 7.63. The topological polar surface area (TPSA) is 98.1 Å². The average molecular weight is 465 g/mol. The molecule has 4 rings (SSSR count). The van der Waals surface area contributed by atoms with Gasteiger partial charge in [-0.15, -0.1) is 0 Å². The Kier molecular flexibility index (Phi) is 5.07. The van der Waals surface area contributed by atoms with Crippen LogP contribution in [0.25, 0.3) is 11.3 Å². The summed E-state index contributed by atoms with van der Waals surface area (Å²) in [5, 5.41) is 3.72. The van der Waals surface area contributed by atoms with Crippen molar-refractivity contribution in [1.29, 1.82) is 0 Å². The van der Waals surface area contributed by atoms with Crippen molar-refractivity contribution in [3.05, 3.63) is 53.7 Å². The molecule has 0 N–H and O–H groups in total. The van der Waals surface area contributed by atoms with Crippen molar-refractivity contribution in [2.24, 2.45) is 0 Å². The minimum absolute atomic E-state index is 0.0396. The number of rotatable bonds is 4. The van der Waals surface area contributed by atoms with E-state index in [2.05, 4.69) is 15.1 Å². The molecule has 1 atom stereocenters. The highest BCUT2D eigenvalue weighted by Crippen LogP contribution is 2.39. The summed E-state index contributed by atoms with van der Waals surface area (Å²) in [6.45, 7) is 2.17. The molecule has 32 heavy (non-hydrogen) atoms. The third kappa shape index (κ3) is 3.97. The van der Waals surface area contributed by atoms with Crippen LogP contribution < -0.4 is 4.90 Å². The second-order valence-corrected chi connectivity index (χ2v) is 9.64. The van der Waals surface area contributed by atoms with Crippen molar-refractivity contribution in [2.45, 2.75) is 37.5 Å². The molecule has 0 bridgehead atoms. The predicted octanol–water partition coefficient (Wildman–Crippen LogP) is 3.34. The van der Waals surface area contributed by atoms with E-state index < -0.39 is 34.5 Å². The van der Waals surface area contributed by atoms with Gasteiger partial charge in [0.1, 0.15) is 6.54 Å². The number of hydrogen-bond donors (Lipinski definition) is 0. The molecule has 1 amide bonds. The number of aromatic nitrogens is 4. The molecule has 0 saturated carbocycles. The number of carbonyl (C=O) groups is 1. The van der Waals surface area contributed by atoms with Crippen LogP contribution >= 0.6 is 0 Å². The first-order valence-electron chi connectivity index (χ1n) is 9.45. The summed E-state index contributed by atoms with van der Waals surface area (Å²) in [7, 11) is -3.47. The lowest BCUT2D eigenvalue weighted by Crippen LogP contribution is -2.26. The first-order valence-corrected chi connectivity index (χ1v) is 11.3. The Hall–Kier alpha value is -3.28. The van der Waals surface area contributed by atoms with Gasteiger partial charge in [0.2, 0.25) is 0 Å². The molecule has 1 aliphatic heterocycles. The Morgan fingerprint density at radius 2 is 1.88 bits per heavy atom. The third-order valence-corrected chi connectivity index (χ3v) is 6.22. The van der Waals surface area contributed by atoms with Crippen molar-refractivity contribution in [2.75, 3.05) is 11.2 Å². The van der Waals surface area contributed by atoms with Crippen LogP contribution in [-0.2, 0) is 16.4 Å². The van der Waals surface area contributed by atoms with Gasteiger partial charge < -0.3 is 0 Å². The maximum Gasteiger partial charge on any atom is 0.408 e. The molecule has 0 unspecified atom stereocenters. The molecular formula is C20H18F3N5O3S. The number of fused-ring (bicyclic) bond motifs is 1. The minimum atomic E-state index is -4.44. The number of nitrogens with zero attached hydrogens (tertiary/aromatic N) is 5. The normalized spacial score (nSPS) is 16.5. The highest BCUT2D eigenvalue weighted by atomic mass is 32.2. The van der Waals surface area contributed by atoms with Gasteiger partial charge in [-0.3, -0.25) is 19.4 Å². The number of pyridine rings is 2. The molecule has 168 valence electrons. The SMILES string of the molecule is Cc1cc(-c2cncc(S(C)(=O)=O)c2)nc2c1C(=O)N(c1cnn(CC(F)(F)F)c1)[C@@H]2C. The van der Waals surface area contributed by atoms with Crippen molar-refractivity contribution in [1.82, 2.24) is 19.7 Å². The largest absolute Gasteiger partial charge is 0.408 e. The molecule has 4 heterocycles. The smallest absolute Gasteiger partial charge is 0.296 e. The minimum Gasteiger partial charge on any atom is -0.296 e. The molecule has 0 saturated heterocycles.